The molecule has 2 aromatic carbocycles. The fraction of sp³-hybridized carbons (Fsp3) is 0.125. The van der Waals surface area contributed by atoms with Crippen LogP contribution in [-0.4, -0.2) is 17.0 Å². The highest BCUT2D eigenvalue weighted by molar-refractivity contribution is 5.94. The number of nitrogens with one attached hydrogen (secondary N) is 1. The highest BCUT2D eigenvalue weighted by atomic mass is 19.1. The van der Waals surface area contributed by atoms with E-state index in [-0.39, 0.29) is 23.8 Å². The molecule has 2 N–H and O–H groups in total. The third kappa shape index (κ3) is 4.12. The van der Waals surface area contributed by atoms with E-state index >= 15 is 0 Å². The van der Waals surface area contributed by atoms with E-state index in [4.69, 9.17) is 5.11 Å². The van der Waals surface area contributed by atoms with Crippen LogP contribution >= 0.6 is 0 Å². The third-order valence-corrected chi connectivity index (χ3v) is 3.03. The van der Waals surface area contributed by atoms with Crippen LogP contribution in [0.4, 0.5) is 14.5 Å². The minimum Gasteiger partial charge on any atom is -0.478 e. The number of anilines is 1. The van der Waals surface area contributed by atoms with Gasteiger partial charge in [0.05, 0.1) is 5.56 Å². The molecule has 6 heteroatoms. The maximum atomic E-state index is 13.2. The van der Waals surface area contributed by atoms with Crippen molar-refractivity contribution in [1.82, 2.24) is 0 Å². The third-order valence-electron chi connectivity index (χ3n) is 3.03. The first-order chi connectivity index (χ1) is 10.5. The zero-order valence-electron chi connectivity index (χ0n) is 11.5. The standard InChI is InChI=1S/C16H13F2NO3/c17-11-4-1-10(2-5-11)3-8-15(20)19-12-6-7-14(18)13(9-12)16(21)22/h1-2,4-7,9H,3,8H2,(H,19,20)(H,21,22). The summed E-state index contributed by atoms with van der Waals surface area (Å²) >= 11 is 0. The van der Waals surface area contributed by atoms with Gasteiger partial charge in [0.1, 0.15) is 11.6 Å². The lowest BCUT2D eigenvalue weighted by molar-refractivity contribution is -0.116. The van der Waals surface area contributed by atoms with Gasteiger partial charge in [0.15, 0.2) is 0 Å². The molecule has 2 rings (SSSR count). The van der Waals surface area contributed by atoms with Crippen LogP contribution < -0.4 is 5.32 Å². The summed E-state index contributed by atoms with van der Waals surface area (Å²) in [5.41, 5.74) is 0.515. The van der Waals surface area contributed by atoms with Gasteiger partial charge in [-0.05, 0) is 42.3 Å². The molecule has 0 aliphatic rings. The number of halogens is 2. The van der Waals surface area contributed by atoms with Crippen LogP contribution in [0, 0.1) is 11.6 Å². The Kier molecular flexibility index (Phi) is 4.83. The molecule has 0 radical (unpaired) electrons. The molecule has 0 bridgehead atoms. The number of carbonyl (C=O) groups excluding carboxylic acids is 1. The van der Waals surface area contributed by atoms with Crippen LogP contribution in [0.2, 0.25) is 0 Å². The van der Waals surface area contributed by atoms with Gasteiger partial charge in [-0.25, -0.2) is 13.6 Å². The fourth-order valence-corrected chi connectivity index (χ4v) is 1.90. The van der Waals surface area contributed by atoms with Crippen LogP contribution in [0.25, 0.3) is 0 Å². The molecule has 0 aromatic heterocycles. The van der Waals surface area contributed by atoms with E-state index in [9.17, 15) is 18.4 Å². The Morgan fingerprint density at radius 3 is 2.36 bits per heavy atom. The summed E-state index contributed by atoms with van der Waals surface area (Å²) < 4.78 is 26.0. The van der Waals surface area contributed by atoms with Crippen molar-refractivity contribution < 1.29 is 23.5 Å². The Balaban J connectivity index is 1.96. The molecular weight excluding hydrogens is 292 g/mol. The number of carbonyl (C=O) groups is 2. The second kappa shape index (κ2) is 6.80. The van der Waals surface area contributed by atoms with E-state index < -0.39 is 17.3 Å². The largest absolute Gasteiger partial charge is 0.478 e. The molecule has 0 spiro atoms. The molecule has 0 aliphatic carbocycles. The number of amides is 1. The number of aryl methyl sites for hydroxylation is 1. The SMILES string of the molecule is O=C(CCc1ccc(F)cc1)Nc1ccc(F)c(C(=O)O)c1. The van der Waals surface area contributed by atoms with Crippen LogP contribution in [0.5, 0.6) is 0 Å². The highest BCUT2D eigenvalue weighted by Crippen LogP contribution is 2.15. The monoisotopic (exact) mass is 305 g/mol. The Morgan fingerprint density at radius 2 is 1.73 bits per heavy atom. The maximum absolute atomic E-state index is 13.2. The quantitative estimate of drug-likeness (QED) is 0.891. The molecule has 1 amide bonds. The van der Waals surface area contributed by atoms with E-state index in [1.54, 1.807) is 12.1 Å². The summed E-state index contributed by atoms with van der Waals surface area (Å²) in [7, 11) is 0. The Morgan fingerprint density at radius 1 is 1.05 bits per heavy atom. The van der Waals surface area contributed by atoms with Gasteiger partial charge in [0, 0.05) is 12.1 Å². The second-order valence-electron chi connectivity index (χ2n) is 4.67. The maximum Gasteiger partial charge on any atom is 0.338 e. The lowest BCUT2D eigenvalue weighted by Crippen LogP contribution is -2.13. The summed E-state index contributed by atoms with van der Waals surface area (Å²) in [6, 6.07) is 9.13. The van der Waals surface area contributed by atoms with Crippen molar-refractivity contribution in [3.63, 3.8) is 0 Å². The lowest BCUT2D eigenvalue weighted by atomic mass is 10.1. The Labute approximate surface area is 125 Å². The van der Waals surface area contributed by atoms with Crippen molar-refractivity contribution in [1.29, 1.82) is 0 Å². The summed E-state index contributed by atoms with van der Waals surface area (Å²) in [6.07, 6.45) is 0.560. The molecule has 0 saturated carbocycles. The number of benzene rings is 2. The summed E-state index contributed by atoms with van der Waals surface area (Å²) in [5, 5.41) is 11.3. The number of carboxylic acids is 1. The van der Waals surface area contributed by atoms with Crippen LogP contribution in [-0.2, 0) is 11.2 Å². The second-order valence-corrected chi connectivity index (χ2v) is 4.67. The van der Waals surface area contributed by atoms with Crippen molar-refractivity contribution in [2.45, 2.75) is 12.8 Å². The number of hydrogen-bond donors (Lipinski definition) is 2. The first-order valence-corrected chi connectivity index (χ1v) is 6.53. The van der Waals surface area contributed by atoms with Gasteiger partial charge in [-0.15, -0.1) is 0 Å². The van der Waals surface area contributed by atoms with Gasteiger partial charge in [-0.1, -0.05) is 12.1 Å². The van der Waals surface area contributed by atoms with Gasteiger partial charge >= 0.3 is 5.97 Å². The predicted octanol–water partition coefficient (Wildman–Crippen LogP) is 3.23. The van der Waals surface area contributed by atoms with Gasteiger partial charge in [-0.2, -0.15) is 0 Å². The summed E-state index contributed by atoms with van der Waals surface area (Å²) in [6.45, 7) is 0. The van der Waals surface area contributed by atoms with Gasteiger partial charge in [0.2, 0.25) is 5.91 Å². The average Bonchev–Trinajstić information content (AvgIpc) is 2.48. The van der Waals surface area contributed by atoms with E-state index in [0.29, 0.717) is 6.42 Å². The molecule has 0 aliphatic heterocycles. The Hall–Kier alpha value is -2.76. The van der Waals surface area contributed by atoms with Gasteiger partial charge < -0.3 is 10.4 Å². The summed E-state index contributed by atoms with van der Waals surface area (Å²) in [4.78, 5) is 22.6. The zero-order chi connectivity index (χ0) is 16.1. The van der Waals surface area contributed by atoms with E-state index in [0.717, 1.165) is 17.7 Å². The molecule has 0 atom stereocenters. The van der Waals surface area contributed by atoms with E-state index in [2.05, 4.69) is 5.32 Å². The smallest absolute Gasteiger partial charge is 0.338 e. The first-order valence-electron chi connectivity index (χ1n) is 6.53. The number of aromatic carboxylic acids is 1. The van der Waals surface area contributed by atoms with Crippen molar-refractivity contribution in [2.24, 2.45) is 0 Å². The van der Waals surface area contributed by atoms with Crippen LogP contribution in [0.1, 0.15) is 22.3 Å². The topological polar surface area (TPSA) is 66.4 Å². The molecule has 114 valence electrons. The molecule has 0 fully saturated rings. The Bertz CT molecular complexity index is 699. The van der Waals surface area contributed by atoms with E-state index in [1.807, 2.05) is 0 Å². The molecule has 4 nitrogen and oxygen atoms in total. The van der Waals surface area contributed by atoms with Crippen LogP contribution in [0.3, 0.4) is 0 Å². The molecule has 2 aromatic rings. The molecule has 22 heavy (non-hydrogen) atoms. The average molecular weight is 305 g/mol. The minimum absolute atomic E-state index is 0.144. The van der Waals surface area contributed by atoms with E-state index in [1.165, 1.54) is 18.2 Å². The normalized spacial score (nSPS) is 10.3. The molecule has 0 saturated heterocycles. The number of carboxylic acid groups (broad SMARTS) is 1. The minimum atomic E-state index is -1.40. The zero-order valence-corrected chi connectivity index (χ0v) is 11.5. The highest BCUT2D eigenvalue weighted by Gasteiger charge is 2.12. The first kappa shape index (κ1) is 15.6. The molecular formula is C16H13F2NO3. The fourth-order valence-electron chi connectivity index (χ4n) is 1.90. The van der Waals surface area contributed by atoms with Crippen LogP contribution in [0.15, 0.2) is 42.5 Å². The van der Waals surface area contributed by atoms with Gasteiger partial charge in [0.25, 0.3) is 0 Å². The van der Waals surface area contributed by atoms with Crippen molar-refractivity contribution in [3.8, 4) is 0 Å². The van der Waals surface area contributed by atoms with Crippen molar-refractivity contribution >= 4 is 17.6 Å². The number of rotatable bonds is 5. The predicted molar refractivity (Wildman–Crippen MR) is 76.7 cm³/mol. The molecule has 0 heterocycles. The van der Waals surface area contributed by atoms with Crippen molar-refractivity contribution in [3.05, 3.63) is 65.2 Å². The molecule has 0 unspecified atom stereocenters. The number of hydrogen-bond acceptors (Lipinski definition) is 2. The lowest BCUT2D eigenvalue weighted by Gasteiger charge is -2.07. The summed E-state index contributed by atoms with van der Waals surface area (Å²) in [5.74, 6) is -2.95. The van der Waals surface area contributed by atoms with Gasteiger partial charge in [-0.3, -0.25) is 4.79 Å². The van der Waals surface area contributed by atoms with Crippen molar-refractivity contribution in [2.75, 3.05) is 5.32 Å².